The van der Waals surface area contributed by atoms with Gasteiger partial charge < -0.3 is 0 Å². The van der Waals surface area contributed by atoms with E-state index < -0.39 is 9.84 Å². The quantitative estimate of drug-likeness (QED) is 0.187. The average Bonchev–Trinajstić information content (AvgIpc) is 2.86. The van der Waals surface area contributed by atoms with Crippen LogP contribution < -0.4 is 0 Å². The highest BCUT2D eigenvalue weighted by molar-refractivity contribution is 8.00. The highest BCUT2D eigenvalue weighted by atomic mass is 32.2. The molecular formula is C28H32N2O2S2. The largest absolute Gasteiger partial charge is 0.240 e. The zero-order valence-corrected chi connectivity index (χ0v) is 21.4. The number of sulfone groups is 1. The summed E-state index contributed by atoms with van der Waals surface area (Å²) in [7, 11) is -3.12. The fraction of sp³-hybridized carbons (Fsp3) is 0.357. The first kappa shape index (κ1) is 26.0. The van der Waals surface area contributed by atoms with Gasteiger partial charge in [0.1, 0.15) is 11.1 Å². The summed E-state index contributed by atoms with van der Waals surface area (Å²) < 4.78 is 25.1. The maximum atomic E-state index is 12.5. The monoisotopic (exact) mass is 492 g/mol. The van der Waals surface area contributed by atoms with Crippen LogP contribution in [0.2, 0.25) is 0 Å². The summed E-state index contributed by atoms with van der Waals surface area (Å²) in [5.74, 6) is 0.708. The molecule has 0 radical (unpaired) electrons. The van der Waals surface area contributed by atoms with E-state index >= 15 is 0 Å². The summed E-state index contributed by atoms with van der Waals surface area (Å²) in [4.78, 5) is 4.77. The van der Waals surface area contributed by atoms with Crippen LogP contribution in [0, 0.1) is 11.3 Å². The Morgan fingerprint density at radius 3 is 2.12 bits per heavy atom. The highest BCUT2D eigenvalue weighted by Crippen LogP contribution is 2.34. The molecule has 0 unspecified atom stereocenters. The molecule has 2 aromatic carbocycles. The Labute approximate surface area is 208 Å². The Morgan fingerprint density at radius 1 is 0.853 bits per heavy atom. The highest BCUT2D eigenvalue weighted by Gasteiger charge is 2.17. The molecule has 4 nitrogen and oxygen atoms in total. The average molecular weight is 493 g/mol. The third-order valence-corrected chi connectivity index (χ3v) is 8.67. The molecule has 0 N–H and O–H groups in total. The van der Waals surface area contributed by atoms with Crippen molar-refractivity contribution in [3.63, 3.8) is 0 Å². The van der Waals surface area contributed by atoms with Gasteiger partial charge in [-0.2, -0.15) is 5.26 Å². The van der Waals surface area contributed by atoms with Crippen LogP contribution in [-0.4, -0.2) is 30.7 Å². The van der Waals surface area contributed by atoms with E-state index in [1.807, 2.05) is 66.7 Å². The number of rotatable bonds is 13. The van der Waals surface area contributed by atoms with Crippen LogP contribution in [-0.2, 0) is 9.84 Å². The van der Waals surface area contributed by atoms with Crippen molar-refractivity contribution >= 4 is 21.6 Å². The fourth-order valence-corrected chi connectivity index (χ4v) is 6.66. The molecule has 3 rings (SSSR count). The molecule has 0 amide bonds. The van der Waals surface area contributed by atoms with Crippen LogP contribution in [0.15, 0.2) is 71.8 Å². The fourth-order valence-electron chi connectivity index (χ4n) is 3.81. The van der Waals surface area contributed by atoms with Crippen molar-refractivity contribution in [3.8, 4) is 28.5 Å². The lowest BCUT2D eigenvalue weighted by atomic mass is 9.99. The van der Waals surface area contributed by atoms with Crippen molar-refractivity contribution in [1.82, 2.24) is 4.98 Å². The minimum absolute atomic E-state index is 0.0927. The van der Waals surface area contributed by atoms with Crippen LogP contribution in [0.1, 0.15) is 51.0 Å². The molecule has 0 atom stereocenters. The topological polar surface area (TPSA) is 70.8 Å². The van der Waals surface area contributed by atoms with Gasteiger partial charge in [0.25, 0.3) is 0 Å². The number of hydrogen-bond donors (Lipinski definition) is 0. The molecule has 178 valence electrons. The van der Waals surface area contributed by atoms with Crippen molar-refractivity contribution in [2.75, 3.05) is 17.3 Å². The van der Waals surface area contributed by atoms with Gasteiger partial charge in [0.05, 0.1) is 22.8 Å². The van der Waals surface area contributed by atoms with Gasteiger partial charge in [-0.15, -0.1) is 11.8 Å². The Bertz CT molecular complexity index is 1190. The molecule has 0 bridgehead atoms. The molecule has 34 heavy (non-hydrogen) atoms. The lowest BCUT2D eigenvalue weighted by Gasteiger charge is -2.13. The number of hydrogen-bond acceptors (Lipinski definition) is 5. The van der Waals surface area contributed by atoms with Gasteiger partial charge in [0, 0.05) is 16.9 Å². The summed E-state index contributed by atoms with van der Waals surface area (Å²) in [6, 6.07) is 23.9. The Morgan fingerprint density at radius 2 is 1.47 bits per heavy atom. The summed E-state index contributed by atoms with van der Waals surface area (Å²) in [5.41, 5.74) is 3.98. The standard InChI is InChI=1S/C28H32N2O2S2/c1-2-3-4-5-6-13-19-34(31,32)20-18-33-28-26(22-29)25(23-14-9-7-10-15-23)21-27(30-28)24-16-11-8-12-17-24/h7-12,14-17,21H,2-6,13,18-20H2,1H3. The lowest BCUT2D eigenvalue weighted by molar-refractivity contribution is 0.585. The zero-order chi connectivity index (χ0) is 24.2. The van der Waals surface area contributed by atoms with Gasteiger partial charge in [0.2, 0.25) is 0 Å². The predicted octanol–water partition coefficient (Wildman–Crippen LogP) is 7.15. The summed E-state index contributed by atoms with van der Waals surface area (Å²) >= 11 is 1.35. The number of benzene rings is 2. The van der Waals surface area contributed by atoms with Crippen LogP contribution in [0.4, 0.5) is 0 Å². The predicted molar refractivity (Wildman–Crippen MR) is 143 cm³/mol. The van der Waals surface area contributed by atoms with Gasteiger partial charge in [-0.3, -0.25) is 0 Å². The van der Waals surface area contributed by atoms with Crippen molar-refractivity contribution in [2.24, 2.45) is 0 Å². The first-order chi connectivity index (χ1) is 16.5. The smallest absolute Gasteiger partial charge is 0.151 e. The summed E-state index contributed by atoms with van der Waals surface area (Å²) in [6.07, 6.45) is 6.36. The van der Waals surface area contributed by atoms with Gasteiger partial charge in [0.15, 0.2) is 9.84 Å². The van der Waals surface area contributed by atoms with Crippen molar-refractivity contribution < 1.29 is 8.42 Å². The third-order valence-electron chi connectivity index (χ3n) is 5.69. The molecule has 6 heteroatoms. The molecule has 0 aliphatic rings. The Kier molecular flexibility index (Phi) is 10.2. The normalized spacial score (nSPS) is 11.3. The number of thioether (sulfide) groups is 1. The van der Waals surface area contributed by atoms with Crippen molar-refractivity contribution in [1.29, 1.82) is 5.26 Å². The van der Waals surface area contributed by atoms with Gasteiger partial charge >= 0.3 is 0 Å². The Balaban J connectivity index is 1.76. The van der Waals surface area contributed by atoms with E-state index in [-0.39, 0.29) is 11.5 Å². The Hall–Kier alpha value is -2.62. The van der Waals surface area contributed by atoms with Crippen LogP contribution in [0.5, 0.6) is 0 Å². The molecule has 0 spiro atoms. The van der Waals surface area contributed by atoms with E-state index in [9.17, 15) is 13.7 Å². The first-order valence-corrected chi connectivity index (χ1v) is 14.7. The molecule has 0 aliphatic heterocycles. The second kappa shape index (κ2) is 13.3. The summed E-state index contributed by atoms with van der Waals surface area (Å²) in [5, 5.41) is 10.5. The van der Waals surface area contributed by atoms with E-state index in [1.165, 1.54) is 31.0 Å². The van der Waals surface area contributed by atoms with E-state index in [0.29, 0.717) is 16.3 Å². The van der Waals surface area contributed by atoms with Gasteiger partial charge in [-0.05, 0) is 18.1 Å². The SMILES string of the molecule is CCCCCCCCS(=O)(=O)CCSc1nc(-c2ccccc2)cc(-c2ccccc2)c1C#N. The van der Waals surface area contributed by atoms with Crippen LogP contribution >= 0.6 is 11.8 Å². The van der Waals surface area contributed by atoms with Crippen molar-refractivity contribution in [3.05, 3.63) is 72.3 Å². The van der Waals surface area contributed by atoms with Crippen LogP contribution in [0.25, 0.3) is 22.4 Å². The molecular weight excluding hydrogens is 460 g/mol. The number of nitriles is 1. The van der Waals surface area contributed by atoms with E-state index in [2.05, 4.69) is 13.0 Å². The molecule has 0 fully saturated rings. The minimum atomic E-state index is -3.12. The summed E-state index contributed by atoms with van der Waals surface area (Å²) in [6.45, 7) is 2.17. The second-order valence-corrected chi connectivity index (χ2v) is 11.7. The van der Waals surface area contributed by atoms with Crippen LogP contribution in [0.3, 0.4) is 0 Å². The number of aromatic nitrogens is 1. The molecule has 0 aliphatic carbocycles. The maximum Gasteiger partial charge on any atom is 0.151 e. The molecule has 1 aromatic heterocycles. The van der Waals surface area contributed by atoms with E-state index in [4.69, 9.17) is 4.98 Å². The first-order valence-electron chi connectivity index (χ1n) is 11.9. The van der Waals surface area contributed by atoms with Crippen molar-refractivity contribution in [2.45, 2.75) is 50.5 Å². The van der Waals surface area contributed by atoms with Gasteiger partial charge in [-0.25, -0.2) is 13.4 Å². The zero-order valence-electron chi connectivity index (χ0n) is 19.7. The maximum absolute atomic E-state index is 12.5. The van der Waals surface area contributed by atoms with E-state index in [1.54, 1.807) is 0 Å². The minimum Gasteiger partial charge on any atom is -0.240 e. The van der Waals surface area contributed by atoms with E-state index in [0.717, 1.165) is 41.6 Å². The lowest BCUT2D eigenvalue weighted by Crippen LogP contribution is -2.13. The molecule has 1 heterocycles. The molecule has 0 saturated carbocycles. The second-order valence-electron chi connectivity index (χ2n) is 8.35. The van der Waals surface area contributed by atoms with Gasteiger partial charge in [-0.1, -0.05) is 99.7 Å². The third kappa shape index (κ3) is 7.72. The molecule has 0 saturated heterocycles. The number of pyridine rings is 1. The number of nitrogens with zero attached hydrogens (tertiary/aromatic N) is 2. The molecule has 3 aromatic rings. The number of unbranched alkanes of at least 4 members (excludes halogenated alkanes) is 5.